The molecule has 1 heterocycles. The molecule has 1 fully saturated rings. The highest BCUT2D eigenvalue weighted by Gasteiger charge is 2.15. The monoisotopic (exact) mass is 291 g/mol. The van der Waals surface area contributed by atoms with Crippen LogP contribution < -0.4 is 15.4 Å². The SMILES string of the molecule is Cc1cccc(OC(C)C(=O)NCCN2CCNCC2)c1. The molecule has 0 saturated carbocycles. The topological polar surface area (TPSA) is 53.6 Å². The molecule has 2 N–H and O–H groups in total. The summed E-state index contributed by atoms with van der Waals surface area (Å²) in [6, 6.07) is 7.74. The summed E-state index contributed by atoms with van der Waals surface area (Å²) in [7, 11) is 0. The highest BCUT2D eigenvalue weighted by molar-refractivity contribution is 5.80. The number of carbonyl (C=O) groups is 1. The largest absolute Gasteiger partial charge is 0.481 e. The quantitative estimate of drug-likeness (QED) is 0.813. The third-order valence-corrected chi connectivity index (χ3v) is 3.61. The first-order chi connectivity index (χ1) is 10.1. The molecule has 1 aromatic rings. The second-order valence-corrected chi connectivity index (χ2v) is 5.46. The molecule has 0 aromatic heterocycles. The van der Waals surface area contributed by atoms with E-state index in [1.54, 1.807) is 6.92 Å². The molecule has 1 aliphatic heterocycles. The van der Waals surface area contributed by atoms with Gasteiger partial charge in [-0.15, -0.1) is 0 Å². The van der Waals surface area contributed by atoms with Crippen molar-refractivity contribution in [3.63, 3.8) is 0 Å². The van der Waals surface area contributed by atoms with E-state index in [0.717, 1.165) is 44.0 Å². The number of aryl methyl sites for hydroxylation is 1. The summed E-state index contributed by atoms with van der Waals surface area (Å²) < 4.78 is 5.66. The summed E-state index contributed by atoms with van der Waals surface area (Å²) >= 11 is 0. The van der Waals surface area contributed by atoms with Crippen LogP contribution >= 0.6 is 0 Å². The molecule has 1 unspecified atom stereocenters. The Morgan fingerprint density at radius 3 is 2.90 bits per heavy atom. The molecule has 0 spiro atoms. The Morgan fingerprint density at radius 1 is 1.43 bits per heavy atom. The summed E-state index contributed by atoms with van der Waals surface area (Å²) in [5.74, 6) is 0.673. The van der Waals surface area contributed by atoms with Crippen LogP contribution in [0.2, 0.25) is 0 Å². The summed E-state index contributed by atoms with van der Waals surface area (Å²) in [6.45, 7) is 9.50. The number of benzene rings is 1. The van der Waals surface area contributed by atoms with Crippen LogP contribution in [0.5, 0.6) is 5.75 Å². The number of nitrogens with zero attached hydrogens (tertiary/aromatic N) is 1. The molecule has 0 aliphatic carbocycles. The van der Waals surface area contributed by atoms with E-state index < -0.39 is 6.10 Å². The van der Waals surface area contributed by atoms with E-state index in [-0.39, 0.29) is 5.91 Å². The van der Waals surface area contributed by atoms with Crippen molar-refractivity contribution in [2.45, 2.75) is 20.0 Å². The van der Waals surface area contributed by atoms with Gasteiger partial charge >= 0.3 is 0 Å². The molecule has 1 amide bonds. The third-order valence-electron chi connectivity index (χ3n) is 3.61. The molecule has 5 nitrogen and oxygen atoms in total. The summed E-state index contributed by atoms with van der Waals surface area (Å²) in [5.41, 5.74) is 1.12. The van der Waals surface area contributed by atoms with Crippen LogP contribution in [0.25, 0.3) is 0 Å². The van der Waals surface area contributed by atoms with Crippen molar-refractivity contribution in [1.82, 2.24) is 15.5 Å². The Bertz CT molecular complexity index is 459. The fraction of sp³-hybridized carbons (Fsp3) is 0.562. The third kappa shape index (κ3) is 5.36. The molecule has 116 valence electrons. The van der Waals surface area contributed by atoms with E-state index in [0.29, 0.717) is 6.54 Å². The zero-order valence-electron chi connectivity index (χ0n) is 12.9. The van der Waals surface area contributed by atoms with Gasteiger partial charge in [-0.2, -0.15) is 0 Å². The molecule has 1 saturated heterocycles. The predicted octanol–water partition coefficient (Wildman–Crippen LogP) is 0.784. The first-order valence-corrected chi connectivity index (χ1v) is 7.59. The average molecular weight is 291 g/mol. The van der Waals surface area contributed by atoms with Crippen LogP contribution in [0.1, 0.15) is 12.5 Å². The maximum atomic E-state index is 12.0. The minimum atomic E-state index is -0.477. The molecule has 1 aliphatic rings. The predicted molar refractivity (Wildman–Crippen MR) is 83.6 cm³/mol. The molecule has 2 rings (SSSR count). The average Bonchev–Trinajstić information content (AvgIpc) is 2.48. The number of hydrogen-bond acceptors (Lipinski definition) is 4. The second-order valence-electron chi connectivity index (χ2n) is 5.46. The van der Waals surface area contributed by atoms with E-state index in [4.69, 9.17) is 4.74 Å². The van der Waals surface area contributed by atoms with Crippen LogP contribution in [0.15, 0.2) is 24.3 Å². The van der Waals surface area contributed by atoms with Gasteiger partial charge in [0.25, 0.3) is 5.91 Å². The molecule has 0 radical (unpaired) electrons. The van der Waals surface area contributed by atoms with Crippen LogP contribution in [0, 0.1) is 6.92 Å². The van der Waals surface area contributed by atoms with Gasteiger partial charge < -0.3 is 15.4 Å². The van der Waals surface area contributed by atoms with Gasteiger partial charge in [0.2, 0.25) is 0 Å². The minimum absolute atomic E-state index is 0.0633. The van der Waals surface area contributed by atoms with Crippen molar-refractivity contribution in [1.29, 1.82) is 0 Å². The van der Waals surface area contributed by atoms with Gasteiger partial charge in [-0.1, -0.05) is 12.1 Å². The van der Waals surface area contributed by atoms with Gasteiger partial charge in [0.15, 0.2) is 6.10 Å². The normalized spacial score (nSPS) is 17.2. The van der Waals surface area contributed by atoms with Gasteiger partial charge in [0, 0.05) is 39.3 Å². The Labute approximate surface area is 126 Å². The van der Waals surface area contributed by atoms with Gasteiger partial charge in [-0.25, -0.2) is 0 Å². The Kier molecular flexibility index (Phi) is 6.02. The van der Waals surface area contributed by atoms with E-state index in [9.17, 15) is 4.79 Å². The van der Waals surface area contributed by atoms with Gasteiger partial charge in [0.05, 0.1) is 0 Å². The van der Waals surface area contributed by atoms with Gasteiger partial charge in [-0.05, 0) is 31.5 Å². The first-order valence-electron chi connectivity index (χ1n) is 7.59. The van der Waals surface area contributed by atoms with Gasteiger partial charge in [-0.3, -0.25) is 9.69 Å². The number of carbonyl (C=O) groups excluding carboxylic acids is 1. The van der Waals surface area contributed by atoms with E-state index in [1.807, 2.05) is 31.2 Å². The number of piperazine rings is 1. The van der Waals surface area contributed by atoms with Crippen molar-refractivity contribution >= 4 is 5.91 Å². The number of ether oxygens (including phenoxy) is 1. The Morgan fingerprint density at radius 2 is 2.19 bits per heavy atom. The lowest BCUT2D eigenvalue weighted by Crippen LogP contribution is -2.47. The molecular weight excluding hydrogens is 266 g/mol. The fourth-order valence-corrected chi connectivity index (χ4v) is 2.36. The standard InChI is InChI=1S/C16H25N3O2/c1-13-4-3-5-15(12-13)21-14(2)16(20)18-8-11-19-9-6-17-7-10-19/h3-5,12,14,17H,6-11H2,1-2H3,(H,18,20). The van der Waals surface area contributed by atoms with Crippen molar-refractivity contribution in [2.75, 3.05) is 39.3 Å². The highest BCUT2D eigenvalue weighted by Crippen LogP contribution is 2.14. The van der Waals surface area contributed by atoms with Gasteiger partial charge in [0.1, 0.15) is 5.75 Å². The van der Waals surface area contributed by atoms with Crippen LogP contribution in [0.3, 0.4) is 0 Å². The van der Waals surface area contributed by atoms with Crippen molar-refractivity contribution in [2.24, 2.45) is 0 Å². The molecule has 1 atom stereocenters. The van der Waals surface area contributed by atoms with Crippen molar-refractivity contribution in [3.05, 3.63) is 29.8 Å². The zero-order chi connectivity index (χ0) is 15.1. The van der Waals surface area contributed by atoms with E-state index in [1.165, 1.54) is 0 Å². The van der Waals surface area contributed by atoms with E-state index in [2.05, 4.69) is 15.5 Å². The maximum Gasteiger partial charge on any atom is 0.260 e. The number of nitrogens with one attached hydrogen (secondary N) is 2. The molecule has 1 aromatic carbocycles. The van der Waals surface area contributed by atoms with Crippen molar-refractivity contribution < 1.29 is 9.53 Å². The smallest absolute Gasteiger partial charge is 0.260 e. The molecular formula is C16H25N3O2. The Hall–Kier alpha value is -1.59. The first kappa shape index (κ1) is 15.8. The van der Waals surface area contributed by atoms with Crippen LogP contribution in [-0.4, -0.2) is 56.2 Å². The zero-order valence-corrected chi connectivity index (χ0v) is 12.9. The lowest BCUT2D eigenvalue weighted by Gasteiger charge is -2.27. The maximum absolute atomic E-state index is 12.0. The lowest BCUT2D eigenvalue weighted by atomic mass is 10.2. The lowest BCUT2D eigenvalue weighted by molar-refractivity contribution is -0.127. The second kappa shape index (κ2) is 8.00. The van der Waals surface area contributed by atoms with Crippen LogP contribution in [0.4, 0.5) is 0 Å². The molecule has 21 heavy (non-hydrogen) atoms. The Balaban J connectivity index is 1.69. The van der Waals surface area contributed by atoms with E-state index >= 15 is 0 Å². The minimum Gasteiger partial charge on any atom is -0.481 e. The summed E-state index contributed by atoms with van der Waals surface area (Å²) in [4.78, 5) is 14.4. The molecule has 0 bridgehead atoms. The number of amides is 1. The number of hydrogen-bond donors (Lipinski definition) is 2. The van der Waals surface area contributed by atoms with Crippen LogP contribution in [-0.2, 0) is 4.79 Å². The fourth-order valence-electron chi connectivity index (χ4n) is 2.36. The summed E-state index contributed by atoms with van der Waals surface area (Å²) in [6.07, 6.45) is -0.477. The number of rotatable bonds is 6. The molecule has 5 heteroatoms. The summed E-state index contributed by atoms with van der Waals surface area (Å²) in [5, 5.41) is 6.25. The highest BCUT2D eigenvalue weighted by atomic mass is 16.5. The van der Waals surface area contributed by atoms with Crippen molar-refractivity contribution in [3.8, 4) is 5.75 Å².